The number of aryl methyl sites for hydroxylation is 3. The lowest BCUT2D eigenvalue weighted by Gasteiger charge is -2.12. The van der Waals surface area contributed by atoms with Crippen LogP contribution in [0.25, 0.3) is 22.2 Å². The Morgan fingerprint density at radius 2 is 1.46 bits per heavy atom. The molecule has 0 bridgehead atoms. The maximum absolute atomic E-state index is 15.1. The number of unbranched alkanes of at least 4 members (excludes halogenated alkanes) is 1. The SMILES string of the molecule is CCCCc1cnc(-c2ccc3c(F)c(CCc4cc(F)c(C(F)(F)F)c(F)c4)ccc3c2)nc1. The third kappa shape index (κ3) is 5.47. The molecule has 1 aromatic heterocycles. The standard InChI is InChI=1S/C27H22F6N2/c1-2-3-4-17-14-34-26(35-15-17)20-9-10-21-19(13-20)8-7-18(25(21)30)6-5-16-11-22(28)24(23(29)12-16)27(31,32)33/h7-15H,2-6H2,1H3. The Morgan fingerprint density at radius 3 is 2.09 bits per heavy atom. The van der Waals surface area contributed by atoms with Gasteiger partial charge < -0.3 is 0 Å². The van der Waals surface area contributed by atoms with Crippen LogP contribution in [0.15, 0.2) is 54.9 Å². The first-order valence-corrected chi connectivity index (χ1v) is 11.2. The Balaban J connectivity index is 1.53. The molecule has 35 heavy (non-hydrogen) atoms. The van der Waals surface area contributed by atoms with Crippen LogP contribution < -0.4 is 0 Å². The minimum atomic E-state index is -5.13. The van der Waals surface area contributed by atoms with Crippen molar-refractivity contribution in [1.82, 2.24) is 9.97 Å². The van der Waals surface area contributed by atoms with Crippen molar-refractivity contribution in [3.63, 3.8) is 0 Å². The van der Waals surface area contributed by atoms with Gasteiger partial charge in [-0.2, -0.15) is 13.2 Å². The van der Waals surface area contributed by atoms with E-state index >= 15 is 4.39 Å². The lowest BCUT2D eigenvalue weighted by Crippen LogP contribution is -2.12. The Morgan fingerprint density at radius 1 is 0.771 bits per heavy atom. The van der Waals surface area contributed by atoms with Gasteiger partial charge in [-0.25, -0.2) is 23.1 Å². The third-order valence-electron chi connectivity index (χ3n) is 5.88. The van der Waals surface area contributed by atoms with E-state index in [1.165, 1.54) is 0 Å². The highest BCUT2D eigenvalue weighted by Gasteiger charge is 2.37. The number of nitrogens with zero attached hydrogens (tertiary/aromatic N) is 2. The van der Waals surface area contributed by atoms with Gasteiger partial charge in [0.25, 0.3) is 0 Å². The van der Waals surface area contributed by atoms with E-state index in [0.29, 0.717) is 34.3 Å². The molecule has 0 aliphatic heterocycles. The van der Waals surface area contributed by atoms with E-state index in [1.54, 1.807) is 42.7 Å². The maximum Gasteiger partial charge on any atom is 0.422 e. The first-order valence-electron chi connectivity index (χ1n) is 11.2. The van der Waals surface area contributed by atoms with Crippen molar-refractivity contribution in [2.45, 2.75) is 45.2 Å². The highest BCUT2D eigenvalue weighted by molar-refractivity contribution is 5.87. The molecule has 0 saturated heterocycles. The lowest BCUT2D eigenvalue weighted by molar-refractivity contribution is -0.142. The summed E-state index contributed by atoms with van der Waals surface area (Å²) >= 11 is 0. The number of hydrogen-bond acceptors (Lipinski definition) is 2. The normalized spacial score (nSPS) is 11.9. The molecule has 0 aliphatic carbocycles. The molecule has 0 radical (unpaired) electrons. The van der Waals surface area contributed by atoms with Crippen LogP contribution in [0, 0.1) is 17.5 Å². The summed E-state index contributed by atoms with van der Waals surface area (Å²) in [5.41, 5.74) is 0.181. The topological polar surface area (TPSA) is 25.8 Å². The van der Waals surface area contributed by atoms with Gasteiger partial charge in [0.1, 0.15) is 23.0 Å². The van der Waals surface area contributed by atoms with Gasteiger partial charge in [-0.3, -0.25) is 0 Å². The molecule has 0 aliphatic rings. The number of aromatic nitrogens is 2. The van der Waals surface area contributed by atoms with E-state index in [1.807, 2.05) is 0 Å². The highest BCUT2D eigenvalue weighted by atomic mass is 19.4. The van der Waals surface area contributed by atoms with Crippen LogP contribution in [-0.4, -0.2) is 9.97 Å². The summed E-state index contributed by atoms with van der Waals surface area (Å²) in [6.45, 7) is 2.11. The average molecular weight is 488 g/mol. The van der Waals surface area contributed by atoms with Crippen LogP contribution in [0.3, 0.4) is 0 Å². The molecule has 4 aromatic rings. The van der Waals surface area contributed by atoms with Crippen LogP contribution in [-0.2, 0) is 25.4 Å². The Hall–Kier alpha value is -3.42. The van der Waals surface area contributed by atoms with E-state index in [0.717, 1.165) is 30.4 Å². The molecule has 3 aromatic carbocycles. The Kier molecular flexibility index (Phi) is 7.10. The summed E-state index contributed by atoms with van der Waals surface area (Å²) in [6, 6.07) is 9.69. The van der Waals surface area contributed by atoms with E-state index in [2.05, 4.69) is 16.9 Å². The van der Waals surface area contributed by atoms with Gasteiger partial charge in [0, 0.05) is 23.3 Å². The first kappa shape index (κ1) is 24.7. The van der Waals surface area contributed by atoms with E-state index in [9.17, 15) is 22.0 Å². The number of halogens is 6. The summed E-state index contributed by atoms with van der Waals surface area (Å²) in [5, 5.41) is 0.990. The quantitative estimate of drug-likeness (QED) is 0.248. The van der Waals surface area contributed by atoms with Gasteiger partial charge in [0.05, 0.1) is 0 Å². The number of rotatable bonds is 7. The van der Waals surface area contributed by atoms with Gasteiger partial charge in [0.15, 0.2) is 5.82 Å². The first-order chi connectivity index (χ1) is 16.7. The molecular weight excluding hydrogens is 466 g/mol. The highest BCUT2D eigenvalue weighted by Crippen LogP contribution is 2.34. The van der Waals surface area contributed by atoms with Crippen molar-refractivity contribution in [3.05, 3.63) is 94.6 Å². The van der Waals surface area contributed by atoms with E-state index in [4.69, 9.17) is 0 Å². The number of fused-ring (bicyclic) bond motifs is 1. The fourth-order valence-corrected chi connectivity index (χ4v) is 4.00. The molecule has 0 spiro atoms. The molecular formula is C27H22F6N2. The largest absolute Gasteiger partial charge is 0.422 e. The van der Waals surface area contributed by atoms with Crippen molar-refractivity contribution in [3.8, 4) is 11.4 Å². The van der Waals surface area contributed by atoms with Gasteiger partial charge in [-0.05, 0) is 66.0 Å². The average Bonchev–Trinajstić information content (AvgIpc) is 2.81. The van der Waals surface area contributed by atoms with E-state index < -0.39 is 29.2 Å². The molecule has 1 heterocycles. The van der Waals surface area contributed by atoms with Crippen molar-refractivity contribution in [2.75, 3.05) is 0 Å². The molecule has 182 valence electrons. The van der Waals surface area contributed by atoms with Crippen molar-refractivity contribution in [2.24, 2.45) is 0 Å². The fraction of sp³-hybridized carbons (Fsp3) is 0.259. The summed E-state index contributed by atoms with van der Waals surface area (Å²) in [7, 11) is 0. The molecule has 0 saturated carbocycles. The predicted molar refractivity (Wildman–Crippen MR) is 122 cm³/mol. The molecule has 4 rings (SSSR count). The molecule has 8 heteroatoms. The third-order valence-corrected chi connectivity index (χ3v) is 5.88. The van der Waals surface area contributed by atoms with Crippen molar-refractivity contribution >= 4 is 10.8 Å². The summed E-state index contributed by atoms with van der Waals surface area (Å²) in [4.78, 5) is 8.82. The fourth-order valence-electron chi connectivity index (χ4n) is 4.00. The second kappa shape index (κ2) is 10.1. The second-order valence-corrected chi connectivity index (χ2v) is 8.43. The zero-order valence-corrected chi connectivity index (χ0v) is 18.9. The van der Waals surface area contributed by atoms with Crippen LogP contribution in [0.5, 0.6) is 0 Å². The number of hydrogen-bond donors (Lipinski definition) is 0. The predicted octanol–water partition coefficient (Wildman–Crippen LogP) is 7.86. The minimum Gasteiger partial charge on any atom is -0.236 e. The Bertz CT molecular complexity index is 1320. The summed E-state index contributed by atoms with van der Waals surface area (Å²) < 4.78 is 81.1. The zero-order valence-electron chi connectivity index (χ0n) is 18.9. The van der Waals surface area contributed by atoms with Crippen LogP contribution in [0.4, 0.5) is 26.3 Å². The van der Waals surface area contributed by atoms with E-state index in [-0.39, 0.29) is 18.4 Å². The molecule has 0 amide bonds. The van der Waals surface area contributed by atoms with Crippen molar-refractivity contribution in [1.29, 1.82) is 0 Å². The van der Waals surface area contributed by atoms with Crippen molar-refractivity contribution < 1.29 is 26.3 Å². The molecule has 0 N–H and O–H groups in total. The summed E-state index contributed by atoms with van der Waals surface area (Å²) in [5.74, 6) is -3.32. The van der Waals surface area contributed by atoms with Gasteiger partial charge in [-0.1, -0.05) is 37.6 Å². The summed E-state index contributed by atoms with van der Waals surface area (Å²) in [6.07, 6.45) is 1.55. The minimum absolute atomic E-state index is 0.0161. The van der Waals surface area contributed by atoms with Gasteiger partial charge in [0.2, 0.25) is 0 Å². The smallest absolute Gasteiger partial charge is 0.236 e. The molecule has 2 nitrogen and oxygen atoms in total. The van der Waals surface area contributed by atoms with Crippen LogP contribution in [0.2, 0.25) is 0 Å². The molecule has 0 atom stereocenters. The number of alkyl halides is 3. The molecule has 0 fully saturated rings. The van der Waals surface area contributed by atoms with Gasteiger partial charge >= 0.3 is 6.18 Å². The second-order valence-electron chi connectivity index (χ2n) is 8.43. The molecule has 0 unspecified atom stereocenters. The Labute approximate surface area is 198 Å². The maximum atomic E-state index is 15.1. The lowest BCUT2D eigenvalue weighted by atomic mass is 9.98. The van der Waals surface area contributed by atoms with Crippen LogP contribution >= 0.6 is 0 Å². The number of benzene rings is 3. The van der Waals surface area contributed by atoms with Gasteiger partial charge in [-0.15, -0.1) is 0 Å². The monoisotopic (exact) mass is 488 g/mol. The zero-order chi connectivity index (χ0) is 25.2. The van der Waals surface area contributed by atoms with Crippen LogP contribution in [0.1, 0.15) is 42.0 Å².